The van der Waals surface area contributed by atoms with Gasteiger partial charge in [0.25, 0.3) is 0 Å². The van der Waals surface area contributed by atoms with E-state index in [1.165, 1.54) is 12.1 Å². The van der Waals surface area contributed by atoms with Gasteiger partial charge in [-0.25, -0.2) is 9.37 Å². The number of oxazole rings is 1. The zero-order valence-electron chi connectivity index (χ0n) is 18.6. The molecule has 1 atom stereocenters. The van der Waals surface area contributed by atoms with Crippen molar-refractivity contribution in [3.8, 4) is 11.5 Å². The van der Waals surface area contributed by atoms with E-state index in [2.05, 4.69) is 29.0 Å². The monoisotopic (exact) mass is 435 g/mol. The first-order valence-electron chi connectivity index (χ1n) is 11.3. The molecule has 32 heavy (non-hydrogen) atoms. The summed E-state index contributed by atoms with van der Waals surface area (Å²) in [6.07, 6.45) is 3.34. The number of carbonyl (C=O) groups is 1. The molecule has 0 radical (unpaired) electrons. The molecule has 0 saturated carbocycles. The van der Waals surface area contributed by atoms with Crippen LogP contribution in [-0.2, 0) is 11.3 Å². The fourth-order valence-electron chi connectivity index (χ4n) is 4.25. The van der Waals surface area contributed by atoms with Crippen LogP contribution in [0.4, 0.5) is 4.39 Å². The number of nitrogens with one attached hydrogen (secondary N) is 1. The van der Waals surface area contributed by atoms with Crippen molar-refractivity contribution in [3.05, 3.63) is 77.9 Å². The lowest BCUT2D eigenvalue weighted by Gasteiger charge is -2.32. The highest BCUT2D eigenvalue weighted by Gasteiger charge is 2.28. The molecular formula is C26H30FN3O2. The van der Waals surface area contributed by atoms with Gasteiger partial charge in [0.2, 0.25) is 11.8 Å². The quantitative estimate of drug-likeness (QED) is 0.554. The minimum atomic E-state index is -0.266. The molecule has 1 aliphatic rings. The summed E-state index contributed by atoms with van der Waals surface area (Å²) in [5.74, 6) is 0.662. The first kappa shape index (κ1) is 22.2. The van der Waals surface area contributed by atoms with Crippen molar-refractivity contribution in [2.75, 3.05) is 13.1 Å². The molecule has 0 spiro atoms. The second-order valence-electron chi connectivity index (χ2n) is 8.84. The number of piperidine rings is 1. The number of hydrogen-bond acceptors (Lipinski definition) is 4. The fraction of sp³-hybridized carbons (Fsp3) is 0.385. The number of halogens is 1. The maximum absolute atomic E-state index is 13.3. The summed E-state index contributed by atoms with van der Waals surface area (Å²) in [7, 11) is 0. The van der Waals surface area contributed by atoms with Crippen LogP contribution in [0.3, 0.4) is 0 Å². The molecule has 3 aromatic rings. The van der Waals surface area contributed by atoms with Crippen molar-refractivity contribution in [1.29, 1.82) is 0 Å². The van der Waals surface area contributed by atoms with Gasteiger partial charge < -0.3 is 9.73 Å². The smallest absolute Gasteiger partial charge is 0.226 e. The van der Waals surface area contributed by atoms with Crippen LogP contribution in [0.2, 0.25) is 0 Å². The van der Waals surface area contributed by atoms with E-state index in [-0.39, 0.29) is 29.6 Å². The molecule has 2 heterocycles. The number of likely N-dealkylation sites (tertiary alicyclic amines) is 1. The summed E-state index contributed by atoms with van der Waals surface area (Å²) in [6, 6.07) is 16.2. The fourth-order valence-corrected chi connectivity index (χ4v) is 4.25. The SMILES string of the molecule is CC(C)[C@@H](NC(=O)C1CCN(Cc2coc(-c3ccccc3)n2)CC1)c1ccc(F)cc1. The highest BCUT2D eigenvalue weighted by Crippen LogP contribution is 2.26. The zero-order chi connectivity index (χ0) is 22.5. The molecule has 2 aromatic carbocycles. The Balaban J connectivity index is 1.30. The van der Waals surface area contributed by atoms with Gasteiger partial charge in [0.15, 0.2) is 0 Å². The van der Waals surface area contributed by atoms with Gasteiger partial charge in [0, 0.05) is 18.0 Å². The van der Waals surface area contributed by atoms with Crippen molar-refractivity contribution >= 4 is 5.91 Å². The molecule has 1 aromatic heterocycles. The molecule has 1 aliphatic heterocycles. The average Bonchev–Trinajstić information content (AvgIpc) is 3.27. The lowest BCUT2D eigenvalue weighted by atomic mass is 9.92. The van der Waals surface area contributed by atoms with Crippen molar-refractivity contribution in [1.82, 2.24) is 15.2 Å². The molecular weight excluding hydrogens is 405 g/mol. The Morgan fingerprint density at radius 2 is 1.81 bits per heavy atom. The van der Waals surface area contributed by atoms with Crippen LogP contribution in [0, 0.1) is 17.7 Å². The number of hydrogen-bond donors (Lipinski definition) is 1. The van der Waals surface area contributed by atoms with Crippen LogP contribution in [0.15, 0.2) is 65.3 Å². The number of benzene rings is 2. The summed E-state index contributed by atoms with van der Waals surface area (Å²) in [5.41, 5.74) is 2.81. The molecule has 1 amide bonds. The second kappa shape index (κ2) is 10.1. The summed E-state index contributed by atoms with van der Waals surface area (Å²) in [5, 5.41) is 3.20. The highest BCUT2D eigenvalue weighted by molar-refractivity contribution is 5.79. The summed E-state index contributed by atoms with van der Waals surface area (Å²) >= 11 is 0. The third kappa shape index (κ3) is 5.43. The highest BCUT2D eigenvalue weighted by atomic mass is 19.1. The van der Waals surface area contributed by atoms with Gasteiger partial charge in [-0.1, -0.05) is 44.2 Å². The number of nitrogens with zero attached hydrogens (tertiary/aromatic N) is 2. The molecule has 1 N–H and O–H groups in total. The third-order valence-electron chi connectivity index (χ3n) is 6.11. The Bertz CT molecular complexity index is 1010. The van der Waals surface area contributed by atoms with Gasteiger partial charge in [-0.05, 0) is 61.7 Å². The molecule has 1 saturated heterocycles. The molecule has 0 aliphatic carbocycles. The lowest BCUT2D eigenvalue weighted by Crippen LogP contribution is -2.42. The number of rotatable bonds is 7. The first-order valence-corrected chi connectivity index (χ1v) is 11.3. The van der Waals surface area contributed by atoms with E-state index < -0.39 is 0 Å². The average molecular weight is 436 g/mol. The largest absolute Gasteiger partial charge is 0.444 e. The van der Waals surface area contributed by atoms with Crippen LogP contribution >= 0.6 is 0 Å². The van der Waals surface area contributed by atoms with Gasteiger partial charge in [-0.15, -0.1) is 0 Å². The Hall–Kier alpha value is -2.99. The molecule has 5 nitrogen and oxygen atoms in total. The van der Waals surface area contributed by atoms with Crippen LogP contribution in [0.25, 0.3) is 11.5 Å². The number of amides is 1. The van der Waals surface area contributed by atoms with Gasteiger partial charge in [-0.2, -0.15) is 0 Å². The van der Waals surface area contributed by atoms with Crippen LogP contribution in [0.5, 0.6) is 0 Å². The van der Waals surface area contributed by atoms with E-state index in [0.29, 0.717) is 5.89 Å². The normalized spacial score (nSPS) is 16.2. The third-order valence-corrected chi connectivity index (χ3v) is 6.11. The first-order chi connectivity index (χ1) is 15.5. The van der Waals surface area contributed by atoms with E-state index >= 15 is 0 Å². The van der Waals surface area contributed by atoms with Gasteiger partial charge in [0.05, 0.1) is 11.7 Å². The predicted molar refractivity (Wildman–Crippen MR) is 122 cm³/mol. The summed E-state index contributed by atoms with van der Waals surface area (Å²) in [6.45, 7) is 6.54. The van der Waals surface area contributed by atoms with E-state index in [0.717, 1.165) is 49.3 Å². The van der Waals surface area contributed by atoms with Crippen LogP contribution in [-0.4, -0.2) is 28.9 Å². The van der Waals surface area contributed by atoms with Crippen molar-refractivity contribution in [3.63, 3.8) is 0 Å². The summed E-state index contributed by atoms with van der Waals surface area (Å²) in [4.78, 5) is 19.9. The predicted octanol–water partition coefficient (Wildman–Crippen LogP) is 5.21. The molecule has 4 rings (SSSR count). The lowest BCUT2D eigenvalue weighted by molar-refractivity contribution is -0.127. The van der Waals surface area contributed by atoms with E-state index in [9.17, 15) is 9.18 Å². The topological polar surface area (TPSA) is 58.4 Å². The minimum Gasteiger partial charge on any atom is -0.444 e. The van der Waals surface area contributed by atoms with E-state index in [1.807, 2.05) is 30.3 Å². The van der Waals surface area contributed by atoms with Crippen LogP contribution < -0.4 is 5.32 Å². The van der Waals surface area contributed by atoms with Gasteiger partial charge in [0.1, 0.15) is 12.1 Å². The number of aromatic nitrogens is 1. The Morgan fingerprint density at radius 3 is 2.47 bits per heavy atom. The molecule has 0 unspecified atom stereocenters. The van der Waals surface area contributed by atoms with Gasteiger partial charge >= 0.3 is 0 Å². The maximum Gasteiger partial charge on any atom is 0.226 e. The second-order valence-corrected chi connectivity index (χ2v) is 8.84. The van der Waals surface area contributed by atoms with Crippen LogP contribution in [0.1, 0.15) is 44.0 Å². The van der Waals surface area contributed by atoms with Gasteiger partial charge in [-0.3, -0.25) is 9.69 Å². The van der Waals surface area contributed by atoms with E-state index in [4.69, 9.17) is 4.42 Å². The Labute approximate surface area is 188 Å². The molecule has 0 bridgehead atoms. The van der Waals surface area contributed by atoms with Crippen molar-refractivity contribution < 1.29 is 13.6 Å². The standard InChI is InChI=1S/C26H30FN3O2/c1-18(2)24(19-8-10-22(27)11-9-19)29-25(31)20-12-14-30(15-13-20)16-23-17-32-26(28-23)21-6-4-3-5-7-21/h3-11,17-18,20,24H,12-16H2,1-2H3,(H,29,31)/t24-/m1/s1. The molecule has 1 fully saturated rings. The summed E-state index contributed by atoms with van der Waals surface area (Å²) < 4.78 is 18.9. The zero-order valence-corrected chi connectivity index (χ0v) is 18.6. The molecule has 6 heteroatoms. The maximum atomic E-state index is 13.3. The van der Waals surface area contributed by atoms with Crippen molar-refractivity contribution in [2.45, 2.75) is 39.3 Å². The number of carbonyl (C=O) groups excluding carboxylic acids is 1. The van der Waals surface area contributed by atoms with E-state index in [1.54, 1.807) is 18.4 Å². The van der Waals surface area contributed by atoms with Crippen molar-refractivity contribution in [2.24, 2.45) is 11.8 Å². The molecule has 168 valence electrons. The Morgan fingerprint density at radius 1 is 1.12 bits per heavy atom. The minimum absolute atomic E-state index is 0.00913. The Kier molecular flexibility index (Phi) is 7.00.